The molecule has 0 radical (unpaired) electrons. The Hall–Kier alpha value is -2.40. The molecule has 0 saturated carbocycles. The van der Waals surface area contributed by atoms with E-state index in [0.29, 0.717) is 19.4 Å². The highest BCUT2D eigenvalue weighted by Crippen LogP contribution is 2.20. The zero-order valence-corrected chi connectivity index (χ0v) is 12.0. The summed E-state index contributed by atoms with van der Waals surface area (Å²) in [5.41, 5.74) is 1.000. The van der Waals surface area contributed by atoms with Crippen LogP contribution < -0.4 is 5.32 Å². The number of hydrogen-bond donors (Lipinski definition) is 2. The van der Waals surface area contributed by atoms with E-state index >= 15 is 0 Å². The van der Waals surface area contributed by atoms with Crippen LogP contribution in [0.1, 0.15) is 18.4 Å². The number of benzene rings is 2. The summed E-state index contributed by atoms with van der Waals surface area (Å²) in [6.07, 6.45) is -0.706. The average Bonchev–Trinajstić information content (AvgIpc) is 3.03. The summed E-state index contributed by atoms with van der Waals surface area (Å²) in [7, 11) is 0. The Balaban J connectivity index is 1.59. The first-order valence-electron chi connectivity index (χ1n) is 7.27. The molecule has 5 nitrogen and oxygen atoms in total. The van der Waals surface area contributed by atoms with Gasteiger partial charge in [-0.2, -0.15) is 0 Å². The lowest BCUT2D eigenvalue weighted by atomic mass is 10.1. The number of fused-ring (bicyclic) bond motifs is 1. The molecule has 0 bridgehead atoms. The second kappa shape index (κ2) is 6.15. The standard InChI is InChI=1S/C17H17NO4/c19-16(14-7-8-15(22-14)17(20)21)18-10-11-5-6-12-3-1-2-4-13(12)9-11/h1-6,9,14-15H,7-8,10H2,(H,18,19)(H,20,21)/t14-,15+/m0/s1. The van der Waals surface area contributed by atoms with Crippen LogP contribution in [-0.2, 0) is 20.9 Å². The SMILES string of the molecule is O=C(NCc1ccc2ccccc2c1)[C@@H]1CC[C@H](C(=O)O)O1. The van der Waals surface area contributed by atoms with E-state index in [0.717, 1.165) is 16.3 Å². The molecule has 22 heavy (non-hydrogen) atoms. The molecule has 1 fully saturated rings. The van der Waals surface area contributed by atoms with Crippen molar-refractivity contribution in [3.63, 3.8) is 0 Å². The van der Waals surface area contributed by atoms with E-state index in [4.69, 9.17) is 9.84 Å². The monoisotopic (exact) mass is 299 g/mol. The van der Waals surface area contributed by atoms with E-state index < -0.39 is 18.2 Å². The summed E-state index contributed by atoms with van der Waals surface area (Å²) in [4.78, 5) is 22.8. The highest BCUT2D eigenvalue weighted by molar-refractivity contribution is 5.84. The molecule has 1 aliphatic heterocycles. The molecule has 5 heteroatoms. The van der Waals surface area contributed by atoms with E-state index in [1.807, 2.05) is 42.5 Å². The van der Waals surface area contributed by atoms with Crippen molar-refractivity contribution in [1.29, 1.82) is 0 Å². The first kappa shape index (κ1) is 14.5. The maximum absolute atomic E-state index is 12.0. The molecule has 2 N–H and O–H groups in total. The Kier molecular flexibility index (Phi) is 4.06. The maximum atomic E-state index is 12.0. The van der Waals surface area contributed by atoms with Crippen molar-refractivity contribution in [2.24, 2.45) is 0 Å². The third-order valence-corrected chi connectivity index (χ3v) is 3.87. The Morgan fingerprint density at radius 1 is 1.09 bits per heavy atom. The zero-order chi connectivity index (χ0) is 15.5. The summed E-state index contributed by atoms with van der Waals surface area (Å²) < 4.78 is 5.23. The fraction of sp³-hybridized carbons (Fsp3) is 0.294. The fourth-order valence-electron chi connectivity index (χ4n) is 2.66. The number of aliphatic carboxylic acids is 1. The van der Waals surface area contributed by atoms with Crippen LogP contribution >= 0.6 is 0 Å². The van der Waals surface area contributed by atoms with Gasteiger partial charge in [-0.1, -0.05) is 36.4 Å². The lowest BCUT2D eigenvalue weighted by Gasteiger charge is -2.12. The largest absolute Gasteiger partial charge is 0.479 e. The number of ether oxygens (including phenoxy) is 1. The lowest BCUT2D eigenvalue weighted by Crippen LogP contribution is -2.35. The third-order valence-electron chi connectivity index (χ3n) is 3.87. The van der Waals surface area contributed by atoms with Gasteiger partial charge in [0, 0.05) is 6.54 Å². The van der Waals surface area contributed by atoms with Crippen molar-refractivity contribution < 1.29 is 19.4 Å². The average molecular weight is 299 g/mol. The van der Waals surface area contributed by atoms with Crippen LogP contribution in [0.3, 0.4) is 0 Å². The van der Waals surface area contributed by atoms with Crippen LogP contribution in [0.25, 0.3) is 10.8 Å². The van der Waals surface area contributed by atoms with Crippen LogP contribution in [0.15, 0.2) is 42.5 Å². The molecule has 2 aromatic rings. The van der Waals surface area contributed by atoms with Gasteiger partial charge < -0.3 is 15.2 Å². The molecule has 114 valence electrons. The van der Waals surface area contributed by atoms with Crippen LogP contribution in [0.5, 0.6) is 0 Å². The molecule has 1 amide bonds. The lowest BCUT2D eigenvalue weighted by molar-refractivity contribution is -0.151. The minimum absolute atomic E-state index is 0.253. The van der Waals surface area contributed by atoms with Crippen LogP contribution in [0.4, 0.5) is 0 Å². The number of amides is 1. The quantitative estimate of drug-likeness (QED) is 0.906. The van der Waals surface area contributed by atoms with Crippen LogP contribution in [0.2, 0.25) is 0 Å². The number of hydrogen-bond acceptors (Lipinski definition) is 3. The van der Waals surface area contributed by atoms with Crippen molar-refractivity contribution in [2.75, 3.05) is 0 Å². The van der Waals surface area contributed by atoms with E-state index in [2.05, 4.69) is 5.32 Å². The molecular formula is C17H17NO4. The molecule has 0 aromatic heterocycles. The van der Waals surface area contributed by atoms with Gasteiger partial charge in [0.05, 0.1) is 0 Å². The first-order valence-corrected chi connectivity index (χ1v) is 7.27. The summed E-state index contributed by atoms with van der Waals surface area (Å²) in [5, 5.41) is 13.9. The molecule has 1 saturated heterocycles. The Morgan fingerprint density at radius 3 is 2.55 bits per heavy atom. The maximum Gasteiger partial charge on any atom is 0.332 e. The van der Waals surface area contributed by atoms with Gasteiger partial charge >= 0.3 is 5.97 Å². The molecule has 0 unspecified atom stereocenters. The predicted octanol–water partition coefficient (Wildman–Crippen LogP) is 2.09. The Labute approximate surface area is 127 Å². The Morgan fingerprint density at radius 2 is 1.82 bits per heavy atom. The molecule has 0 spiro atoms. The van der Waals surface area contributed by atoms with Gasteiger partial charge in [-0.15, -0.1) is 0 Å². The van der Waals surface area contributed by atoms with Crippen molar-refractivity contribution in [3.8, 4) is 0 Å². The summed E-state index contributed by atoms with van der Waals surface area (Å²) >= 11 is 0. The van der Waals surface area contributed by atoms with Gasteiger partial charge in [-0.25, -0.2) is 4.79 Å². The van der Waals surface area contributed by atoms with Crippen LogP contribution in [0, 0.1) is 0 Å². The van der Waals surface area contributed by atoms with E-state index in [1.54, 1.807) is 0 Å². The van der Waals surface area contributed by atoms with Gasteiger partial charge in [0.15, 0.2) is 6.10 Å². The van der Waals surface area contributed by atoms with E-state index in [1.165, 1.54) is 0 Å². The van der Waals surface area contributed by atoms with Gasteiger partial charge in [0.2, 0.25) is 5.91 Å². The normalized spacial score (nSPS) is 20.9. The fourth-order valence-corrected chi connectivity index (χ4v) is 2.66. The summed E-state index contributed by atoms with van der Waals surface area (Å²) in [6, 6.07) is 14.0. The zero-order valence-electron chi connectivity index (χ0n) is 12.0. The smallest absolute Gasteiger partial charge is 0.332 e. The highest BCUT2D eigenvalue weighted by Gasteiger charge is 2.34. The molecular weight excluding hydrogens is 282 g/mol. The summed E-state index contributed by atoms with van der Waals surface area (Å²) in [6.45, 7) is 0.404. The molecule has 3 rings (SSSR count). The van der Waals surface area contributed by atoms with Crippen molar-refractivity contribution in [1.82, 2.24) is 5.32 Å². The summed E-state index contributed by atoms with van der Waals surface area (Å²) in [5.74, 6) is -1.26. The predicted molar refractivity (Wildman–Crippen MR) is 81.3 cm³/mol. The molecule has 1 aliphatic rings. The van der Waals surface area contributed by atoms with Crippen LogP contribution in [-0.4, -0.2) is 29.2 Å². The third kappa shape index (κ3) is 3.09. The molecule has 2 atom stereocenters. The van der Waals surface area contributed by atoms with Crippen molar-refractivity contribution in [3.05, 3.63) is 48.0 Å². The van der Waals surface area contributed by atoms with Gasteiger partial charge in [-0.3, -0.25) is 4.79 Å². The van der Waals surface area contributed by atoms with E-state index in [9.17, 15) is 9.59 Å². The topological polar surface area (TPSA) is 75.6 Å². The second-order valence-corrected chi connectivity index (χ2v) is 5.43. The van der Waals surface area contributed by atoms with Crippen molar-refractivity contribution in [2.45, 2.75) is 31.6 Å². The molecule has 1 heterocycles. The second-order valence-electron chi connectivity index (χ2n) is 5.43. The number of nitrogens with one attached hydrogen (secondary N) is 1. The first-order chi connectivity index (χ1) is 10.6. The number of rotatable bonds is 4. The van der Waals surface area contributed by atoms with Crippen molar-refractivity contribution >= 4 is 22.6 Å². The highest BCUT2D eigenvalue weighted by atomic mass is 16.5. The molecule has 0 aliphatic carbocycles. The minimum Gasteiger partial charge on any atom is -0.479 e. The van der Waals surface area contributed by atoms with Gasteiger partial charge in [0.1, 0.15) is 6.10 Å². The van der Waals surface area contributed by atoms with Gasteiger partial charge in [0.25, 0.3) is 0 Å². The molecule has 2 aromatic carbocycles. The minimum atomic E-state index is -1.01. The number of carboxylic acids is 1. The number of carboxylic acid groups (broad SMARTS) is 1. The Bertz CT molecular complexity index is 713. The van der Waals surface area contributed by atoms with Gasteiger partial charge in [-0.05, 0) is 35.2 Å². The number of carbonyl (C=O) groups is 2. The number of carbonyl (C=O) groups excluding carboxylic acids is 1. The van der Waals surface area contributed by atoms with E-state index in [-0.39, 0.29) is 5.91 Å².